The molecule has 0 amide bonds. The Morgan fingerprint density at radius 2 is 1.67 bits per heavy atom. The lowest BCUT2D eigenvalue weighted by atomic mass is 10.1. The first-order valence-corrected chi connectivity index (χ1v) is 6.61. The van der Waals surface area contributed by atoms with Gasteiger partial charge >= 0.3 is 0 Å². The van der Waals surface area contributed by atoms with E-state index >= 15 is 0 Å². The zero-order chi connectivity index (χ0) is 11.3. The van der Waals surface area contributed by atoms with E-state index in [1.807, 2.05) is 11.8 Å². The fourth-order valence-corrected chi connectivity index (χ4v) is 2.44. The Morgan fingerprint density at radius 3 is 2.13 bits per heavy atom. The Morgan fingerprint density at radius 1 is 1.07 bits per heavy atom. The summed E-state index contributed by atoms with van der Waals surface area (Å²) in [6.07, 6.45) is 3.79. The minimum Gasteiger partial charge on any atom is -0.120 e. The summed E-state index contributed by atoms with van der Waals surface area (Å²) in [4.78, 5) is 1.38. The maximum atomic E-state index is 2.27. The molecule has 84 valence electrons. The summed E-state index contributed by atoms with van der Waals surface area (Å²) < 4.78 is 0.310. The molecule has 0 aromatic heterocycles. The van der Waals surface area contributed by atoms with Gasteiger partial charge in [-0.1, -0.05) is 46.2 Å². The molecule has 1 aromatic carbocycles. The van der Waals surface area contributed by atoms with E-state index in [1.54, 1.807) is 0 Å². The second kappa shape index (κ2) is 5.60. The molecule has 1 aromatic rings. The van der Waals surface area contributed by atoms with Crippen LogP contribution in [0.2, 0.25) is 0 Å². The summed E-state index contributed by atoms with van der Waals surface area (Å²) in [5.74, 6) is 0. The van der Waals surface area contributed by atoms with Crippen LogP contribution in [0.3, 0.4) is 0 Å². The van der Waals surface area contributed by atoms with Crippen molar-refractivity contribution >= 4 is 11.8 Å². The van der Waals surface area contributed by atoms with Crippen molar-refractivity contribution in [3.05, 3.63) is 29.8 Å². The number of hydrogen-bond acceptors (Lipinski definition) is 1. The van der Waals surface area contributed by atoms with Gasteiger partial charge in [0.15, 0.2) is 0 Å². The molecule has 0 saturated heterocycles. The molecular formula is C14H22S. The van der Waals surface area contributed by atoms with E-state index in [9.17, 15) is 0 Å². The van der Waals surface area contributed by atoms with Crippen LogP contribution in [-0.2, 0) is 6.42 Å². The summed E-state index contributed by atoms with van der Waals surface area (Å²) >= 11 is 1.93. The van der Waals surface area contributed by atoms with Gasteiger partial charge < -0.3 is 0 Å². The zero-order valence-electron chi connectivity index (χ0n) is 10.3. The Labute approximate surface area is 98.5 Å². The van der Waals surface area contributed by atoms with Crippen molar-refractivity contribution in [3.8, 4) is 0 Å². The quantitative estimate of drug-likeness (QED) is 0.652. The van der Waals surface area contributed by atoms with Crippen molar-refractivity contribution in [1.82, 2.24) is 0 Å². The molecular weight excluding hydrogens is 200 g/mol. The highest BCUT2D eigenvalue weighted by Crippen LogP contribution is 2.31. The van der Waals surface area contributed by atoms with Crippen LogP contribution in [0.25, 0.3) is 0 Å². The molecule has 0 aliphatic carbocycles. The van der Waals surface area contributed by atoms with Gasteiger partial charge in [-0.05, 0) is 30.5 Å². The highest BCUT2D eigenvalue weighted by molar-refractivity contribution is 8.00. The van der Waals surface area contributed by atoms with E-state index in [0.29, 0.717) is 4.75 Å². The summed E-state index contributed by atoms with van der Waals surface area (Å²) in [6, 6.07) is 9.04. The van der Waals surface area contributed by atoms with Crippen molar-refractivity contribution in [2.75, 3.05) is 0 Å². The fraction of sp³-hybridized carbons (Fsp3) is 0.571. The van der Waals surface area contributed by atoms with Crippen molar-refractivity contribution in [2.45, 2.75) is 56.6 Å². The van der Waals surface area contributed by atoms with Gasteiger partial charge in [-0.15, -0.1) is 11.8 Å². The minimum absolute atomic E-state index is 0.310. The van der Waals surface area contributed by atoms with E-state index in [4.69, 9.17) is 0 Å². The summed E-state index contributed by atoms with van der Waals surface area (Å²) in [6.45, 7) is 9.00. The molecule has 0 aliphatic rings. The van der Waals surface area contributed by atoms with Crippen molar-refractivity contribution < 1.29 is 0 Å². The van der Waals surface area contributed by atoms with E-state index < -0.39 is 0 Å². The van der Waals surface area contributed by atoms with Crippen LogP contribution in [0.5, 0.6) is 0 Å². The third-order valence-corrected chi connectivity index (χ3v) is 3.29. The van der Waals surface area contributed by atoms with Crippen LogP contribution in [0.1, 0.15) is 46.1 Å². The standard InChI is InChI=1S/C14H22S/c1-5-6-7-12-8-10-13(11-9-12)15-14(2,3)4/h8-11H,5-7H2,1-4H3. The predicted molar refractivity (Wildman–Crippen MR) is 70.7 cm³/mol. The molecule has 0 nitrogen and oxygen atoms in total. The van der Waals surface area contributed by atoms with Crippen LogP contribution >= 0.6 is 11.8 Å². The second-order valence-electron chi connectivity index (χ2n) is 4.96. The van der Waals surface area contributed by atoms with Gasteiger partial charge in [0.1, 0.15) is 0 Å². The first-order valence-electron chi connectivity index (χ1n) is 5.79. The van der Waals surface area contributed by atoms with Gasteiger partial charge in [0.25, 0.3) is 0 Å². The average Bonchev–Trinajstić information content (AvgIpc) is 2.14. The van der Waals surface area contributed by atoms with Gasteiger partial charge in [0.2, 0.25) is 0 Å². The van der Waals surface area contributed by atoms with Crippen LogP contribution in [0, 0.1) is 0 Å². The number of aryl methyl sites for hydroxylation is 1. The number of rotatable bonds is 4. The Kier molecular flexibility index (Phi) is 4.72. The first kappa shape index (κ1) is 12.6. The Balaban J connectivity index is 2.56. The number of benzene rings is 1. The van der Waals surface area contributed by atoms with Crippen LogP contribution in [0.4, 0.5) is 0 Å². The second-order valence-corrected chi connectivity index (χ2v) is 6.86. The predicted octanol–water partition coefficient (Wildman–Crippen LogP) is 4.92. The molecule has 0 saturated carbocycles. The molecule has 1 heteroatoms. The number of thioether (sulfide) groups is 1. The molecule has 0 aliphatic heterocycles. The minimum atomic E-state index is 0.310. The lowest BCUT2D eigenvalue weighted by Crippen LogP contribution is -2.06. The van der Waals surface area contributed by atoms with Crippen LogP contribution < -0.4 is 0 Å². The number of hydrogen-bond donors (Lipinski definition) is 0. The van der Waals surface area contributed by atoms with Gasteiger partial charge in [-0.3, -0.25) is 0 Å². The third-order valence-electron chi connectivity index (χ3n) is 2.17. The maximum Gasteiger partial charge on any atom is 0.0122 e. The molecule has 0 radical (unpaired) electrons. The third kappa shape index (κ3) is 5.27. The molecule has 0 N–H and O–H groups in total. The Bertz CT molecular complexity index is 279. The smallest absolute Gasteiger partial charge is 0.0122 e. The summed E-state index contributed by atoms with van der Waals surface area (Å²) in [7, 11) is 0. The van der Waals surface area contributed by atoms with Gasteiger partial charge in [0.05, 0.1) is 0 Å². The lowest BCUT2D eigenvalue weighted by Gasteiger charge is -2.17. The first-order chi connectivity index (χ1) is 7.01. The summed E-state index contributed by atoms with van der Waals surface area (Å²) in [5, 5.41) is 0. The van der Waals surface area contributed by atoms with E-state index in [-0.39, 0.29) is 0 Å². The van der Waals surface area contributed by atoms with Gasteiger partial charge in [-0.25, -0.2) is 0 Å². The topological polar surface area (TPSA) is 0 Å². The molecule has 0 atom stereocenters. The zero-order valence-corrected chi connectivity index (χ0v) is 11.2. The lowest BCUT2D eigenvalue weighted by molar-refractivity contribution is 0.793. The SMILES string of the molecule is CCCCc1ccc(SC(C)(C)C)cc1. The van der Waals surface area contributed by atoms with E-state index in [1.165, 1.54) is 29.7 Å². The van der Waals surface area contributed by atoms with E-state index in [2.05, 4.69) is 52.0 Å². The normalized spacial score (nSPS) is 11.7. The molecule has 0 unspecified atom stereocenters. The van der Waals surface area contributed by atoms with E-state index in [0.717, 1.165) is 0 Å². The van der Waals surface area contributed by atoms with Gasteiger partial charge in [0, 0.05) is 9.64 Å². The molecule has 0 heterocycles. The van der Waals surface area contributed by atoms with Crippen molar-refractivity contribution in [3.63, 3.8) is 0 Å². The van der Waals surface area contributed by atoms with Crippen LogP contribution in [0.15, 0.2) is 29.2 Å². The Hall–Kier alpha value is -0.430. The molecule has 0 spiro atoms. The fourth-order valence-electron chi connectivity index (χ4n) is 1.46. The van der Waals surface area contributed by atoms with Crippen LogP contribution in [-0.4, -0.2) is 4.75 Å². The van der Waals surface area contributed by atoms with Crippen molar-refractivity contribution in [1.29, 1.82) is 0 Å². The molecule has 0 bridgehead atoms. The molecule has 15 heavy (non-hydrogen) atoms. The van der Waals surface area contributed by atoms with Gasteiger partial charge in [-0.2, -0.15) is 0 Å². The highest BCUT2D eigenvalue weighted by Gasteiger charge is 2.11. The van der Waals surface area contributed by atoms with Crippen molar-refractivity contribution in [2.24, 2.45) is 0 Å². The monoisotopic (exact) mass is 222 g/mol. The average molecular weight is 222 g/mol. The highest BCUT2D eigenvalue weighted by atomic mass is 32.2. The number of unbranched alkanes of at least 4 members (excludes halogenated alkanes) is 1. The maximum absolute atomic E-state index is 2.27. The summed E-state index contributed by atoms with van der Waals surface area (Å²) in [5.41, 5.74) is 1.47. The molecule has 1 rings (SSSR count). The largest absolute Gasteiger partial charge is 0.120 e. The molecule has 0 fully saturated rings.